The van der Waals surface area contributed by atoms with Crippen LogP contribution in [-0.2, 0) is 4.79 Å². The second-order valence-electron chi connectivity index (χ2n) is 4.33. The summed E-state index contributed by atoms with van der Waals surface area (Å²) in [5.74, 6) is 0. The Morgan fingerprint density at radius 1 is 1.00 bits per heavy atom. The van der Waals surface area contributed by atoms with Crippen LogP contribution in [-0.4, -0.2) is 19.2 Å². The van der Waals surface area contributed by atoms with Crippen LogP contribution in [0, 0.1) is 0 Å². The van der Waals surface area contributed by atoms with Crippen molar-refractivity contribution in [3.8, 4) is 0 Å². The summed E-state index contributed by atoms with van der Waals surface area (Å²) in [5, 5.41) is 3.35. The van der Waals surface area contributed by atoms with E-state index in [1.807, 2.05) is 60.7 Å². The third kappa shape index (κ3) is 3.68. The lowest BCUT2D eigenvalue weighted by Crippen LogP contribution is -2.28. The Kier molecular flexibility index (Phi) is 4.76. The van der Waals surface area contributed by atoms with Crippen molar-refractivity contribution in [1.82, 2.24) is 0 Å². The standard InChI is InChI=1S/C15H15BNOP/c16-15(18)14(19)13(11-7-3-1-4-8-11)17-12-9-5-2-6-10-12/h1-10,13-14,17H,19H2. The third-order valence-corrected chi connectivity index (χ3v) is 3.66. The molecule has 0 aliphatic carbocycles. The molecule has 2 radical (unpaired) electrons. The minimum Gasteiger partial charge on any atom is -0.377 e. The van der Waals surface area contributed by atoms with Crippen LogP contribution in [0.2, 0.25) is 0 Å². The Hall–Kier alpha value is -1.60. The Bertz CT molecular complexity index is 532. The van der Waals surface area contributed by atoms with Crippen LogP contribution in [0.3, 0.4) is 0 Å². The predicted molar refractivity (Wildman–Crippen MR) is 83.5 cm³/mol. The summed E-state index contributed by atoms with van der Waals surface area (Å²) in [7, 11) is 7.95. The number of carbonyl (C=O) groups excluding carboxylic acids is 1. The van der Waals surface area contributed by atoms with Crippen LogP contribution in [0.15, 0.2) is 60.7 Å². The second kappa shape index (κ2) is 6.54. The second-order valence-corrected chi connectivity index (χ2v) is 5.05. The van der Waals surface area contributed by atoms with Crippen molar-refractivity contribution in [2.75, 3.05) is 5.32 Å². The Labute approximate surface area is 117 Å². The van der Waals surface area contributed by atoms with E-state index >= 15 is 0 Å². The smallest absolute Gasteiger partial charge is 0.168 e. The molecule has 0 heterocycles. The molecule has 0 fully saturated rings. The quantitative estimate of drug-likeness (QED) is 0.666. The zero-order valence-electron chi connectivity index (χ0n) is 10.5. The molecule has 4 heteroatoms. The van der Waals surface area contributed by atoms with Gasteiger partial charge in [0, 0.05) is 11.3 Å². The van der Waals surface area contributed by atoms with Gasteiger partial charge in [-0.2, -0.15) is 0 Å². The molecule has 2 aromatic rings. The van der Waals surface area contributed by atoms with Crippen LogP contribution in [0.5, 0.6) is 0 Å². The van der Waals surface area contributed by atoms with Gasteiger partial charge in [-0.25, -0.2) is 0 Å². The maximum Gasteiger partial charge on any atom is 0.168 e. The number of hydrogen-bond acceptors (Lipinski definition) is 2. The van der Waals surface area contributed by atoms with E-state index in [4.69, 9.17) is 7.85 Å². The van der Waals surface area contributed by atoms with Gasteiger partial charge in [0.15, 0.2) is 7.85 Å². The normalized spacial score (nSPS) is 13.5. The highest BCUT2D eigenvalue weighted by molar-refractivity contribution is 7.20. The fourth-order valence-corrected chi connectivity index (χ4v) is 2.24. The van der Waals surface area contributed by atoms with Gasteiger partial charge in [-0.05, 0) is 17.7 Å². The lowest BCUT2D eigenvalue weighted by atomic mass is 9.91. The molecule has 1 N–H and O–H groups in total. The highest BCUT2D eigenvalue weighted by Crippen LogP contribution is 2.27. The zero-order chi connectivity index (χ0) is 13.7. The van der Waals surface area contributed by atoms with Crippen LogP contribution in [0.4, 0.5) is 5.69 Å². The monoisotopic (exact) mass is 267 g/mol. The summed E-state index contributed by atoms with van der Waals surface area (Å²) in [6.07, 6.45) is 0. The van der Waals surface area contributed by atoms with Gasteiger partial charge in [0.1, 0.15) is 0 Å². The lowest BCUT2D eigenvalue weighted by Gasteiger charge is -2.25. The summed E-state index contributed by atoms with van der Waals surface area (Å²) in [4.78, 5) is 11.5. The van der Waals surface area contributed by atoms with Crippen molar-refractivity contribution in [1.29, 1.82) is 0 Å². The van der Waals surface area contributed by atoms with Gasteiger partial charge in [0.25, 0.3) is 0 Å². The highest BCUT2D eigenvalue weighted by Gasteiger charge is 2.22. The maximum absolute atomic E-state index is 11.5. The van der Waals surface area contributed by atoms with Crippen molar-refractivity contribution in [3.63, 3.8) is 0 Å². The Morgan fingerprint density at radius 2 is 1.53 bits per heavy atom. The van der Waals surface area contributed by atoms with Gasteiger partial charge in [0.2, 0.25) is 0 Å². The molecule has 94 valence electrons. The number of carbonyl (C=O) groups is 1. The van der Waals surface area contributed by atoms with E-state index in [9.17, 15) is 4.79 Å². The molecule has 2 rings (SSSR count). The van der Waals surface area contributed by atoms with E-state index < -0.39 is 0 Å². The molecule has 3 unspecified atom stereocenters. The van der Waals surface area contributed by atoms with Gasteiger partial charge >= 0.3 is 0 Å². The minimum atomic E-state index is -0.373. The molecule has 0 aliphatic heterocycles. The van der Waals surface area contributed by atoms with Crippen molar-refractivity contribution in [2.45, 2.75) is 11.7 Å². The Balaban J connectivity index is 2.27. The van der Waals surface area contributed by atoms with Crippen molar-refractivity contribution in [2.24, 2.45) is 0 Å². The van der Waals surface area contributed by atoms with E-state index in [1.165, 1.54) is 0 Å². The molecule has 0 saturated carbocycles. The molecule has 0 aliphatic rings. The molecule has 0 saturated heterocycles. The van der Waals surface area contributed by atoms with E-state index in [0.717, 1.165) is 11.3 Å². The fraction of sp³-hybridized carbons (Fsp3) is 0.133. The minimum absolute atomic E-state index is 0.161. The number of para-hydroxylation sites is 1. The molecular formula is C15H15BNOP. The first-order chi connectivity index (χ1) is 9.18. The van der Waals surface area contributed by atoms with Gasteiger partial charge in [-0.3, -0.25) is 0 Å². The van der Waals surface area contributed by atoms with Crippen LogP contribution in [0.1, 0.15) is 11.6 Å². The number of nitrogens with one attached hydrogen (secondary N) is 1. The summed E-state index contributed by atoms with van der Waals surface area (Å²) in [6.45, 7) is 0. The fourth-order valence-electron chi connectivity index (χ4n) is 1.92. The number of benzene rings is 2. The molecule has 2 aromatic carbocycles. The maximum atomic E-state index is 11.5. The average Bonchev–Trinajstić information content (AvgIpc) is 2.46. The van der Waals surface area contributed by atoms with Crippen LogP contribution < -0.4 is 5.32 Å². The molecule has 0 aromatic heterocycles. The SMILES string of the molecule is [B]C(=O)C(P)C(Nc1ccccc1)c1ccccc1. The molecule has 0 amide bonds. The number of hydrogen-bond donors (Lipinski definition) is 1. The van der Waals surface area contributed by atoms with Crippen molar-refractivity contribution < 1.29 is 4.79 Å². The molecule has 2 nitrogen and oxygen atoms in total. The van der Waals surface area contributed by atoms with Gasteiger partial charge in [-0.1, -0.05) is 48.5 Å². The lowest BCUT2D eigenvalue weighted by molar-refractivity contribution is -0.111. The molecule has 0 bridgehead atoms. The number of rotatable bonds is 5. The average molecular weight is 267 g/mol. The van der Waals surface area contributed by atoms with Gasteiger partial charge in [-0.15, -0.1) is 9.24 Å². The molecular weight excluding hydrogens is 252 g/mol. The van der Waals surface area contributed by atoms with Crippen molar-refractivity contribution in [3.05, 3.63) is 66.2 Å². The first-order valence-electron chi connectivity index (χ1n) is 6.10. The van der Waals surface area contributed by atoms with E-state index in [1.54, 1.807) is 0 Å². The zero-order valence-corrected chi connectivity index (χ0v) is 11.6. The first-order valence-corrected chi connectivity index (χ1v) is 6.76. The molecule has 0 spiro atoms. The van der Waals surface area contributed by atoms with Crippen LogP contribution >= 0.6 is 9.24 Å². The van der Waals surface area contributed by atoms with E-state index in [2.05, 4.69) is 14.6 Å². The largest absolute Gasteiger partial charge is 0.377 e. The predicted octanol–water partition coefficient (Wildman–Crippen LogP) is 2.78. The Morgan fingerprint density at radius 3 is 2.05 bits per heavy atom. The first kappa shape index (κ1) is 13.8. The van der Waals surface area contributed by atoms with Gasteiger partial charge < -0.3 is 10.1 Å². The topological polar surface area (TPSA) is 29.1 Å². The highest BCUT2D eigenvalue weighted by atomic mass is 31.0. The third-order valence-electron chi connectivity index (χ3n) is 2.94. The van der Waals surface area contributed by atoms with Crippen LogP contribution in [0.25, 0.3) is 0 Å². The number of anilines is 1. The van der Waals surface area contributed by atoms with Crippen molar-refractivity contribution >= 4 is 28.5 Å². The van der Waals surface area contributed by atoms with Gasteiger partial charge in [0.05, 0.1) is 11.7 Å². The molecule has 19 heavy (non-hydrogen) atoms. The van der Waals surface area contributed by atoms with E-state index in [0.29, 0.717) is 0 Å². The summed E-state index contributed by atoms with van der Waals surface area (Å²) in [6, 6.07) is 19.5. The summed E-state index contributed by atoms with van der Waals surface area (Å²) >= 11 is 0. The van der Waals surface area contributed by atoms with E-state index in [-0.39, 0.29) is 17.4 Å². The summed E-state index contributed by atoms with van der Waals surface area (Å²) in [5.41, 5.74) is 1.28. The molecule has 3 atom stereocenters. The summed E-state index contributed by atoms with van der Waals surface area (Å²) < 4.78 is 0.